The number of hydrogen-bond donors (Lipinski definition) is 5. The smallest absolute Gasteiger partial charge is 0.294 e. The van der Waals surface area contributed by atoms with E-state index in [0.29, 0.717) is 0 Å². The normalized spacial score (nSPS) is 12.3. The quantitative estimate of drug-likeness (QED) is 0.254. The van der Waals surface area contributed by atoms with Crippen LogP contribution in [0.25, 0.3) is 0 Å². The zero-order valence-electron chi connectivity index (χ0n) is 14.0. The number of benzene rings is 2. The maximum Gasteiger partial charge on any atom is 0.294 e. The van der Waals surface area contributed by atoms with Gasteiger partial charge in [-0.1, -0.05) is 0 Å². The number of rotatable bonds is 6. The average Bonchev–Trinajstić information content (AvgIpc) is 2.62. The highest BCUT2D eigenvalue weighted by atomic mass is 32.2. The molecule has 0 saturated heterocycles. The highest BCUT2D eigenvalue weighted by Gasteiger charge is 2.13. The first-order valence-electron chi connectivity index (χ1n) is 7.16. The zero-order valence-corrected chi connectivity index (χ0v) is 15.6. The fourth-order valence-electron chi connectivity index (χ4n) is 1.76. The minimum Gasteiger partial charge on any atom is -0.506 e. The van der Waals surface area contributed by atoms with E-state index < -0.39 is 47.3 Å². The Kier molecular flexibility index (Phi) is 6.21. The van der Waals surface area contributed by atoms with Crippen molar-refractivity contribution >= 4 is 37.5 Å². The Bertz CT molecular complexity index is 1190. The van der Waals surface area contributed by atoms with Crippen LogP contribution in [0.2, 0.25) is 0 Å². The van der Waals surface area contributed by atoms with Crippen molar-refractivity contribution in [2.75, 3.05) is 0 Å². The van der Waals surface area contributed by atoms with Crippen LogP contribution in [-0.2, 0) is 20.2 Å². The van der Waals surface area contributed by atoms with Crippen LogP contribution in [0, 0.1) is 5.41 Å². The van der Waals surface area contributed by atoms with Crippen molar-refractivity contribution in [2.24, 2.45) is 20.5 Å². The van der Waals surface area contributed by atoms with Crippen LogP contribution in [0.1, 0.15) is 0 Å². The standard InChI is InChI=1S/C14H11N5O8S2/c15-7-14(18-16-10-5-8(28(22,23)24)1-3-12(10)20)19-17-11-6-9(29(25,26)27)2-4-13(11)21/h1-6,15,20-21H,(H,22,23,24)(H,25,26,27). The van der Waals surface area contributed by atoms with Crippen LogP contribution in [0.5, 0.6) is 11.5 Å². The van der Waals surface area contributed by atoms with Crippen molar-refractivity contribution in [3.63, 3.8) is 0 Å². The van der Waals surface area contributed by atoms with E-state index in [1.807, 2.05) is 0 Å². The van der Waals surface area contributed by atoms with Gasteiger partial charge in [0.05, 0.1) is 9.79 Å². The van der Waals surface area contributed by atoms with E-state index in [-0.39, 0.29) is 11.4 Å². The second-order valence-electron chi connectivity index (χ2n) is 5.10. The number of phenols is 2. The summed E-state index contributed by atoms with van der Waals surface area (Å²) in [6, 6.07) is 5.31. The van der Waals surface area contributed by atoms with Gasteiger partial charge in [-0.2, -0.15) is 16.8 Å². The first-order valence-corrected chi connectivity index (χ1v) is 10.0. The molecule has 0 spiro atoms. The Hall–Kier alpha value is -3.49. The Morgan fingerprint density at radius 3 is 1.48 bits per heavy atom. The monoisotopic (exact) mass is 441 g/mol. The Labute approximate surface area is 163 Å². The van der Waals surface area contributed by atoms with Crippen molar-refractivity contribution < 1.29 is 36.2 Å². The molecule has 0 radical (unpaired) electrons. The van der Waals surface area contributed by atoms with Gasteiger partial charge in [-0.05, 0) is 36.4 Å². The third-order valence-electron chi connectivity index (χ3n) is 3.11. The van der Waals surface area contributed by atoms with Gasteiger partial charge < -0.3 is 10.2 Å². The lowest BCUT2D eigenvalue weighted by Gasteiger charge is -2.01. The summed E-state index contributed by atoms with van der Waals surface area (Å²) in [7, 11) is -9.13. The Balaban J connectivity index is 2.35. The lowest BCUT2D eigenvalue weighted by molar-refractivity contribution is 0.472. The molecule has 0 aromatic heterocycles. The van der Waals surface area contributed by atoms with Gasteiger partial charge in [-0.3, -0.25) is 14.5 Å². The molecule has 2 rings (SSSR count). The lowest BCUT2D eigenvalue weighted by atomic mass is 10.3. The molecular weight excluding hydrogens is 430 g/mol. The summed E-state index contributed by atoms with van der Waals surface area (Å²) >= 11 is 0. The number of azo groups is 2. The van der Waals surface area contributed by atoms with E-state index in [2.05, 4.69) is 20.5 Å². The van der Waals surface area contributed by atoms with E-state index in [9.17, 15) is 27.0 Å². The van der Waals surface area contributed by atoms with Crippen molar-refractivity contribution in [3.8, 4) is 11.5 Å². The molecule has 0 amide bonds. The van der Waals surface area contributed by atoms with Gasteiger partial charge in [0.15, 0.2) is 0 Å². The molecule has 0 aliphatic carbocycles. The van der Waals surface area contributed by atoms with Crippen molar-refractivity contribution in [2.45, 2.75) is 9.79 Å². The highest BCUT2D eigenvalue weighted by Crippen LogP contribution is 2.31. The van der Waals surface area contributed by atoms with Crippen LogP contribution in [0.4, 0.5) is 11.4 Å². The highest BCUT2D eigenvalue weighted by molar-refractivity contribution is 7.86. The van der Waals surface area contributed by atoms with Gasteiger partial charge in [0.2, 0.25) is 0 Å². The van der Waals surface area contributed by atoms with Gasteiger partial charge >= 0.3 is 0 Å². The molecule has 2 aromatic carbocycles. The van der Waals surface area contributed by atoms with Crippen LogP contribution in [-0.4, -0.2) is 42.0 Å². The van der Waals surface area contributed by atoms with E-state index >= 15 is 0 Å². The number of phenolic OH excluding ortho intramolecular Hbond substituents is 2. The van der Waals surface area contributed by atoms with E-state index in [1.54, 1.807) is 5.87 Å². The first kappa shape index (κ1) is 21.8. The van der Waals surface area contributed by atoms with Crippen molar-refractivity contribution in [1.29, 1.82) is 5.41 Å². The molecule has 2 aromatic rings. The molecule has 15 heteroatoms. The van der Waals surface area contributed by atoms with Gasteiger partial charge in [0, 0.05) is 5.87 Å². The molecule has 0 aliphatic rings. The number of aromatic hydroxyl groups is 2. The largest absolute Gasteiger partial charge is 0.506 e. The third-order valence-corrected chi connectivity index (χ3v) is 4.81. The molecule has 0 unspecified atom stereocenters. The van der Waals surface area contributed by atoms with E-state index in [1.165, 1.54) is 0 Å². The Morgan fingerprint density at radius 1 is 0.793 bits per heavy atom. The minimum absolute atomic E-state index is 0.390. The van der Waals surface area contributed by atoms with Gasteiger partial charge in [-0.15, -0.1) is 20.5 Å². The molecule has 5 N–H and O–H groups in total. The molecule has 13 nitrogen and oxygen atoms in total. The molecule has 0 aliphatic heterocycles. The van der Waals surface area contributed by atoms with Crippen LogP contribution in [0.15, 0.2) is 72.5 Å². The van der Waals surface area contributed by atoms with Gasteiger partial charge in [0.25, 0.3) is 26.1 Å². The van der Waals surface area contributed by atoms with E-state index in [4.69, 9.17) is 14.5 Å². The second-order valence-corrected chi connectivity index (χ2v) is 7.94. The summed E-state index contributed by atoms with van der Waals surface area (Å²) < 4.78 is 62.5. The lowest BCUT2D eigenvalue weighted by Crippen LogP contribution is -1.97. The molecule has 29 heavy (non-hydrogen) atoms. The summed E-state index contributed by atoms with van der Waals surface area (Å²) in [6.07, 6.45) is 0. The summed E-state index contributed by atoms with van der Waals surface area (Å²) in [5.41, 5.74) is -0.779. The second kappa shape index (κ2) is 8.26. The average molecular weight is 441 g/mol. The predicted molar refractivity (Wildman–Crippen MR) is 96.1 cm³/mol. The minimum atomic E-state index is -4.56. The van der Waals surface area contributed by atoms with Crippen LogP contribution < -0.4 is 0 Å². The SMILES string of the molecule is N=C=C(N=Nc1cc(S(=O)(=O)O)ccc1O)N=Nc1cc(S(=O)(=O)O)ccc1O. The maximum atomic E-state index is 11.1. The zero-order chi connectivity index (χ0) is 21.8. The Morgan fingerprint density at radius 2 is 1.17 bits per heavy atom. The van der Waals surface area contributed by atoms with Crippen LogP contribution in [0.3, 0.4) is 0 Å². The fraction of sp³-hybridized carbons (Fsp3) is 0. The van der Waals surface area contributed by atoms with Crippen LogP contribution >= 0.6 is 0 Å². The van der Waals surface area contributed by atoms with Gasteiger partial charge in [0.1, 0.15) is 22.9 Å². The molecular formula is C14H11N5O8S2. The maximum absolute atomic E-state index is 11.1. The molecule has 152 valence electrons. The predicted octanol–water partition coefficient (Wildman–Crippen LogP) is 2.55. The molecule has 0 atom stereocenters. The van der Waals surface area contributed by atoms with E-state index in [0.717, 1.165) is 36.4 Å². The number of nitrogens with one attached hydrogen (secondary N) is 1. The van der Waals surface area contributed by atoms with Crippen molar-refractivity contribution in [3.05, 3.63) is 42.2 Å². The third kappa shape index (κ3) is 5.74. The number of hydrogen-bond acceptors (Lipinski definition) is 11. The van der Waals surface area contributed by atoms with Crippen molar-refractivity contribution in [1.82, 2.24) is 0 Å². The fourth-order valence-corrected chi connectivity index (χ4v) is 2.76. The summed E-state index contributed by atoms with van der Waals surface area (Å²) in [4.78, 5) is -1.14. The summed E-state index contributed by atoms with van der Waals surface area (Å²) in [5.74, 6) is 0.108. The summed E-state index contributed by atoms with van der Waals surface area (Å²) in [6.45, 7) is 0. The first-order chi connectivity index (χ1) is 13.4. The van der Waals surface area contributed by atoms with Gasteiger partial charge in [-0.25, -0.2) is 0 Å². The molecule has 0 saturated carbocycles. The molecule has 0 fully saturated rings. The summed E-state index contributed by atoms with van der Waals surface area (Å²) in [5, 5.41) is 40.2. The topological polar surface area (TPSA) is 222 Å². The molecule has 0 heterocycles. The number of nitrogens with zero attached hydrogens (tertiary/aromatic N) is 4. The molecule has 0 bridgehead atoms.